The number of nitrogens with one attached hydrogen (secondary N) is 1. The molecule has 152 valence electrons. The van der Waals surface area contributed by atoms with E-state index in [0.29, 0.717) is 12.1 Å². The second kappa shape index (κ2) is 8.31. The van der Waals surface area contributed by atoms with Gasteiger partial charge in [0.05, 0.1) is 16.8 Å². The second-order valence-electron chi connectivity index (χ2n) is 7.24. The number of hydrogen-bond donors (Lipinski definition) is 1. The van der Waals surface area contributed by atoms with Gasteiger partial charge in [-0.05, 0) is 49.6 Å². The van der Waals surface area contributed by atoms with E-state index in [-0.39, 0.29) is 5.75 Å². The van der Waals surface area contributed by atoms with Crippen molar-refractivity contribution in [2.75, 3.05) is 18.1 Å². The lowest BCUT2D eigenvalue weighted by Crippen LogP contribution is -2.44. The molecule has 1 aliphatic heterocycles. The Balaban J connectivity index is 1.74. The van der Waals surface area contributed by atoms with Crippen LogP contribution in [0.5, 0.6) is 0 Å². The van der Waals surface area contributed by atoms with Gasteiger partial charge in [-0.25, -0.2) is 21.2 Å². The van der Waals surface area contributed by atoms with Crippen LogP contribution in [0.15, 0.2) is 53.4 Å². The van der Waals surface area contributed by atoms with Crippen molar-refractivity contribution >= 4 is 19.7 Å². The zero-order valence-corrected chi connectivity index (χ0v) is 17.3. The van der Waals surface area contributed by atoms with Crippen molar-refractivity contribution in [3.63, 3.8) is 0 Å². The lowest BCUT2D eigenvalue weighted by atomic mass is 10.1. The number of aryl methyl sites for hydroxylation is 2. The Morgan fingerprint density at radius 3 is 2.54 bits per heavy atom. The van der Waals surface area contributed by atoms with Gasteiger partial charge in [0.15, 0.2) is 19.7 Å². The van der Waals surface area contributed by atoms with Crippen LogP contribution in [0, 0.1) is 12.7 Å². The maximum Gasteiger partial charge on any atom is 0.186 e. The first-order chi connectivity index (χ1) is 13.2. The Hall–Kier alpha value is -1.77. The molecular weight excluding hydrogens is 401 g/mol. The van der Waals surface area contributed by atoms with E-state index < -0.39 is 47.4 Å². The van der Waals surface area contributed by atoms with Gasteiger partial charge in [-0.2, -0.15) is 0 Å². The molecule has 0 radical (unpaired) electrons. The highest BCUT2D eigenvalue weighted by Gasteiger charge is 2.46. The number of hydrogen-bond acceptors (Lipinski definition) is 5. The lowest BCUT2D eigenvalue weighted by molar-refractivity contribution is 0.513. The summed E-state index contributed by atoms with van der Waals surface area (Å²) < 4.78 is 64.5. The van der Waals surface area contributed by atoms with Gasteiger partial charge in [0, 0.05) is 6.04 Å². The van der Waals surface area contributed by atoms with Crippen LogP contribution in [-0.4, -0.2) is 46.2 Å². The van der Waals surface area contributed by atoms with Crippen molar-refractivity contribution in [3.8, 4) is 0 Å². The van der Waals surface area contributed by atoms with Gasteiger partial charge >= 0.3 is 0 Å². The van der Waals surface area contributed by atoms with Crippen LogP contribution in [0.3, 0.4) is 0 Å². The molecule has 1 fully saturated rings. The Bertz CT molecular complexity index is 1040. The maximum atomic E-state index is 14.2. The molecule has 1 saturated heterocycles. The van der Waals surface area contributed by atoms with Gasteiger partial charge < -0.3 is 5.32 Å². The van der Waals surface area contributed by atoms with E-state index in [9.17, 15) is 21.2 Å². The first-order valence-electron chi connectivity index (χ1n) is 9.17. The number of halogens is 1. The van der Waals surface area contributed by atoms with Crippen LogP contribution >= 0.6 is 0 Å². The monoisotopic (exact) mass is 425 g/mol. The molecule has 0 bridgehead atoms. The summed E-state index contributed by atoms with van der Waals surface area (Å²) in [5.74, 6) is -1.59. The van der Waals surface area contributed by atoms with Gasteiger partial charge in [0.25, 0.3) is 0 Å². The highest BCUT2D eigenvalue weighted by atomic mass is 32.2. The summed E-state index contributed by atoms with van der Waals surface area (Å²) in [6.45, 7) is 2.15. The van der Waals surface area contributed by atoms with Crippen LogP contribution in [0.2, 0.25) is 0 Å². The summed E-state index contributed by atoms with van der Waals surface area (Å²) >= 11 is 0. The molecule has 0 saturated carbocycles. The Morgan fingerprint density at radius 1 is 1.11 bits per heavy atom. The van der Waals surface area contributed by atoms with Gasteiger partial charge in [-0.15, -0.1) is 0 Å². The zero-order valence-electron chi connectivity index (χ0n) is 15.6. The van der Waals surface area contributed by atoms with Crippen LogP contribution < -0.4 is 5.32 Å². The van der Waals surface area contributed by atoms with Gasteiger partial charge in [-0.3, -0.25) is 0 Å². The minimum absolute atomic E-state index is 0.254. The first-order valence-corrected chi connectivity index (χ1v) is 12.5. The molecule has 2 aromatic carbocycles. The molecule has 0 aromatic heterocycles. The summed E-state index contributed by atoms with van der Waals surface area (Å²) in [6, 6.07) is 13.0. The summed E-state index contributed by atoms with van der Waals surface area (Å²) in [5.41, 5.74) is 1.77. The molecule has 28 heavy (non-hydrogen) atoms. The molecule has 5 nitrogen and oxygen atoms in total. The van der Waals surface area contributed by atoms with Crippen LogP contribution in [-0.2, 0) is 26.1 Å². The van der Waals surface area contributed by atoms with E-state index in [1.165, 1.54) is 12.1 Å². The minimum atomic E-state index is -4.12. The average Bonchev–Trinajstić information content (AvgIpc) is 2.97. The number of rotatable bonds is 7. The van der Waals surface area contributed by atoms with Crippen molar-refractivity contribution in [1.29, 1.82) is 0 Å². The van der Waals surface area contributed by atoms with Crippen molar-refractivity contribution in [1.82, 2.24) is 5.32 Å². The Morgan fingerprint density at radius 2 is 1.82 bits per heavy atom. The van der Waals surface area contributed by atoms with E-state index in [4.69, 9.17) is 0 Å². The normalized spacial score (nSPS) is 21.6. The molecule has 1 heterocycles. The molecule has 3 rings (SSSR count). The molecule has 2 aromatic rings. The molecule has 1 N–H and O–H groups in total. The van der Waals surface area contributed by atoms with Gasteiger partial charge in [-0.1, -0.05) is 36.4 Å². The quantitative estimate of drug-likeness (QED) is 0.689. The maximum absolute atomic E-state index is 14.2. The van der Waals surface area contributed by atoms with Crippen molar-refractivity contribution in [2.24, 2.45) is 0 Å². The van der Waals surface area contributed by atoms with Gasteiger partial charge in [0.2, 0.25) is 0 Å². The topological polar surface area (TPSA) is 80.3 Å². The van der Waals surface area contributed by atoms with Crippen LogP contribution in [0.4, 0.5) is 4.39 Å². The molecule has 1 aliphatic rings. The molecule has 0 spiro atoms. The largest absolute Gasteiger partial charge is 0.312 e. The van der Waals surface area contributed by atoms with Crippen LogP contribution in [0.1, 0.15) is 17.5 Å². The predicted molar refractivity (Wildman–Crippen MR) is 107 cm³/mol. The zero-order chi connectivity index (χ0) is 20.4. The third-order valence-electron chi connectivity index (χ3n) is 4.98. The fourth-order valence-electron chi connectivity index (χ4n) is 3.53. The molecule has 2 atom stereocenters. The summed E-state index contributed by atoms with van der Waals surface area (Å²) in [4.78, 5) is -0.425. The molecule has 0 aliphatic carbocycles. The van der Waals surface area contributed by atoms with Crippen molar-refractivity contribution < 1.29 is 21.2 Å². The smallest absolute Gasteiger partial charge is 0.186 e. The highest BCUT2D eigenvalue weighted by Crippen LogP contribution is 2.28. The van der Waals surface area contributed by atoms with E-state index in [2.05, 4.69) is 5.32 Å². The second-order valence-corrected chi connectivity index (χ2v) is 11.5. The van der Waals surface area contributed by atoms with E-state index in [1.54, 1.807) is 6.92 Å². The van der Waals surface area contributed by atoms with Crippen molar-refractivity contribution in [3.05, 3.63) is 65.5 Å². The lowest BCUT2D eigenvalue weighted by Gasteiger charge is -2.20. The fourth-order valence-corrected chi connectivity index (χ4v) is 8.40. The first kappa shape index (κ1) is 21.0. The van der Waals surface area contributed by atoms with E-state index >= 15 is 0 Å². The van der Waals surface area contributed by atoms with E-state index in [1.807, 2.05) is 30.3 Å². The number of sulfone groups is 2. The Kier molecular flexibility index (Phi) is 6.21. The highest BCUT2D eigenvalue weighted by molar-refractivity contribution is 7.96. The predicted octanol–water partition coefficient (Wildman–Crippen LogP) is 2.30. The van der Waals surface area contributed by atoms with Crippen LogP contribution in [0.25, 0.3) is 0 Å². The molecule has 0 unspecified atom stereocenters. The molecule has 8 heteroatoms. The average molecular weight is 426 g/mol. The molecular formula is C20H24FNO4S2. The van der Waals surface area contributed by atoms with E-state index in [0.717, 1.165) is 24.5 Å². The summed E-state index contributed by atoms with van der Waals surface area (Å²) in [5, 5.41) is 1.90. The third-order valence-corrected chi connectivity index (χ3v) is 9.15. The van der Waals surface area contributed by atoms with Gasteiger partial charge in [0.1, 0.15) is 10.7 Å². The third kappa shape index (κ3) is 4.79. The fraction of sp³-hybridized carbons (Fsp3) is 0.400. The minimum Gasteiger partial charge on any atom is -0.312 e. The standard InChI is InChI=1S/C20H24FNO4S2/c1-15-9-10-17(21)19(12-15)28(25,26)20-14-27(23,24)13-18(20)22-11-5-8-16-6-3-2-4-7-16/h2-4,6-7,9-10,12,18,20,22H,5,8,11,13-14H2,1H3/t18-,20-/m0/s1. The Labute approximate surface area is 165 Å². The van der Waals surface area contributed by atoms with Crippen molar-refractivity contribution in [2.45, 2.75) is 36.0 Å². The summed E-state index contributed by atoms with van der Waals surface area (Å²) in [6.07, 6.45) is 1.55. The summed E-state index contributed by atoms with van der Waals surface area (Å²) in [7, 11) is -7.63. The number of benzene rings is 2. The SMILES string of the molecule is Cc1ccc(F)c(S(=O)(=O)[C@H]2CS(=O)(=O)C[C@@H]2NCCCc2ccccc2)c1. The molecule has 0 amide bonds.